The molecule has 94 valence electrons. The van der Waals surface area contributed by atoms with Crippen molar-refractivity contribution in [2.24, 2.45) is 0 Å². The highest BCUT2D eigenvalue weighted by Crippen LogP contribution is 2.14. The molecule has 0 fully saturated rings. The van der Waals surface area contributed by atoms with Crippen LogP contribution in [0.4, 0.5) is 0 Å². The Morgan fingerprint density at radius 1 is 1.11 bits per heavy atom. The topological polar surface area (TPSA) is 37.3 Å². The van der Waals surface area contributed by atoms with Crippen LogP contribution in [0.15, 0.2) is 53.0 Å². The number of halogens is 3. The molecule has 0 aromatic heterocycles. The summed E-state index contributed by atoms with van der Waals surface area (Å²) < 4.78 is 2.41. The third-order valence-corrected chi connectivity index (χ3v) is 3.49. The van der Waals surface area contributed by atoms with Crippen molar-refractivity contribution in [3.8, 4) is 0 Å². The molecular weight excluding hydrogens is 430 g/mol. The molecule has 18 heavy (non-hydrogen) atoms. The second-order valence-electron chi connectivity index (χ2n) is 3.22. The minimum Gasteiger partial charge on any atom is -0.478 e. The largest absolute Gasteiger partial charge is 0.478 e. The van der Waals surface area contributed by atoms with Crippen molar-refractivity contribution in [1.29, 1.82) is 0 Å². The summed E-state index contributed by atoms with van der Waals surface area (Å²) in [6, 6.07) is 14.5. The van der Waals surface area contributed by atoms with Gasteiger partial charge in [0, 0.05) is 8.04 Å². The molecule has 0 aliphatic carbocycles. The number of hydrogen-bond donors (Lipinski definition) is 1. The van der Waals surface area contributed by atoms with Gasteiger partial charge in [-0.15, -0.1) is 0 Å². The molecule has 1 N–H and O–H groups in total. The fourth-order valence-electron chi connectivity index (χ4n) is 1.06. The number of hydrogen-bond acceptors (Lipinski definition) is 1. The molecule has 0 heterocycles. The van der Waals surface area contributed by atoms with E-state index in [-0.39, 0.29) is 10.6 Å². The van der Waals surface area contributed by atoms with Gasteiger partial charge >= 0.3 is 5.97 Å². The highest BCUT2D eigenvalue weighted by atomic mass is 127. The number of benzene rings is 2. The van der Waals surface area contributed by atoms with Gasteiger partial charge < -0.3 is 5.11 Å². The summed E-state index contributed by atoms with van der Waals surface area (Å²) in [4.78, 5) is 10.3. The smallest absolute Gasteiger partial charge is 0.337 e. The van der Waals surface area contributed by atoms with Gasteiger partial charge in [-0.1, -0.05) is 39.7 Å². The molecule has 0 amide bonds. The number of aromatic carboxylic acids is 1. The summed E-state index contributed by atoms with van der Waals surface area (Å²) in [6.45, 7) is 0. The van der Waals surface area contributed by atoms with Gasteiger partial charge in [-0.25, -0.2) is 4.79 Å². The van der Waals surface area contributed by atoms with Crippen LogP contribution >= 0.6 is 50.1 Å². The van der Waals surface area contributed by atoms with Crippen LogP contribution in [-0.2, 0) is 0 Å². The van der Waals surface area contributed by atoms with E-state index < -0.39 is 5.97 Å². The fraction of sp³-hybridized carbons (Fsp3) is 0. The van der Waals surface area contributed by atoms with E-state index in [0.29, 0.717) is 0 Å². The predicted octanol–water partition coefficient (Wildman–Crippen LogP) is 5.09. The number of carboxylic acid groups (broad SMARTS) is 1. The Bertz CT molecular complexity index is 508. The van der Waals surface area contributed by atoms with Gasteiger partial charge in [-0.05, 0) is 59.0 Å². The van der Waals surface area contributed by atoms with E-state index in [1.54, 1.807) is 18.2 Å². The van der Waals surface area contributed by atoms with Gasteiger partial charge in [0.15, 0.2) is 0 Å². The van der Waals surface area contributed by atoms with Crippen molar-refractivity contribution in [3.05, 3.63) is 67.2 Å². The molecule has 0 bridgehead atoms. The van der Waals surface area contributed by atoms with Crippen molar-refractivity contribution in [3.63, 3.8) is 0 Å². The molecule has 2 rings (SSSR count). The Labute approximate surface area is 132 Å². The second-order valence-corrected chi connectivity index (χ2v) is 5.79. The maximum atomic E-state index is 10.3. The minimum absolute atomic E-state index is 0.143. The fourth-order valence-corrected chi connectivity index (χ4v) is 1.90. The van der Waals surface area contributed by atoms with Crippen LogP contribution in [0.25, 0.3) is 0 Å². The first-order valence-corrected chi connectivity index (χ1v) is 7.14. The number of rotatable bonds is 1. The molecule has 2 nitrogen and oxygen atoms in total. The Morgan fingerprint density at radius 2 is 1.67 bits per heavy atom. The van der Waals surface area contributed by atoms with Gasteiger partial charge in [0.25, 0.3) is 0 Å². The van der Waals surface area contributed by atoms with Crippen molar-refractivity contribution >= 4 is 56.1 Å². The molecule has 0 saturated carbocycles. The van der Waals surface area contributed by atoms with Crippen LogP contribution in [0, 0.1) is 3.57 Å². The maximum absolute atomic E-state index is 10.3. The van der Waals surface area contributed by atoms with E-state index in [1.807, 2.05) is 12.1 Å². The zero-order chi connectivity index (χ0) is 13.5. The Hall–Kier alpha value is -0.590. The van der Waals surface area contributed by atoms with E-state index in [9.17, 15) is 4.79 Å². The third-order valence-electron chi connectivity index (χ3n) is 1.91. The average molecular weight is 439 g/mol. The van der Waals surface area contributed by atoms with Crippen LogP contribution in [0.3, 0.4) is 0 Å². The van der Waals surface area contributed by atoms with Gasteiger partial charge in [0.05, 0.1) is 10.6 Å². The summed E-state index contributed by atoms with van der Waals surface area (Å²) in [5.74, 6) is -0.995. The highest BCUT2D eigenvalue weighted by Gasteiger charge is 2.04. The lowest BCUT2D eigenvalue weighted by atomic mass is 10.2. The molecule has 2 aromatic rings. The van der Waals surface area contributed by atoms with Crippen molar-refractivity contribution in [2.75, 3.05) is 0 Å². The van der Waals surface area contributed by atoms with Crippen molar-refractivity contribution < 1.29 is 9.90 Å². The molecule has 0 radical (unpaired) electrons. The summed E-state index contributed by atoms with van der Waals surface area (Å²) in [5.41, 5.74) is 0.143. The Kier molecular flexibility index (Phi) is 6.67. The van der Waals surface area contributed by atoms with Crippen molar-refractivity contribution in [1.82, 2.24) is 0 Å². The molecule has 0 saturated heterocycles. The maximum Gasteiger partial charge on any atom is 0.337 e. The quantitative estimate of drug-likeness (QED) is 0.629. The van der Waals surface area contributed by atoms with Crippen LogP contribution in [0.1, 0.15) is 10.4 Å². The molecule has 0 spiro atoms. The van der Waals surface area contributed by atoms with E-state index in [0.717, 1.165) is 4.47 Å². The molecule has 0 aliphatic rings. The standard InChI is InChI=1S/C7H5ClO2.C6H4BrI/c8-6-4-2-1-3-5(6)7(9)10;7-5-1-3-6(8)4-2-5/h1-4H,(H,9,10);1-4H. The monoisotopic (exact) mass is 438 g/mol. The van der Waals surface area contributed by atoms with Crippen LogP contribution in [-0.4, -0.2) is 11.1 Å². The van der Waals surface area contributed by atoms with Gasteiger partial charge in [-0.2, -0.15) is 0 Å². The first-order chi connectivity index (χ1) is 8.50. The summed E-state index contributed by atoms with van der Waals surface area (Å²) in [7, 11) is 0. The predicted molar refractivity (Wildman–Crippen MR) is 85.3 cm³/mol. The Morgan fingerprint density at radius 3 is 2.06 bits per heavy atom. The highest BCUT2D eigenvalue weighted by molar-refractivity contribution is 14.1. The average Bonchev–Trinajstić information content (AvgIpc) is 2.34. The molecule has 5 heteroatoms. The van der Waals surface area contributed by atoms with Crippen molar-refractivity contribution in [2.45, 2.75) is 0 Å². The second kappa shape index (κ2) is 7.76. The number of carboxylic acids is 1. The third kappa shape index (κ3) is 5.37. The lowest BCUT2D eigenvalue weighted by molar-refractivity contribution is 0.0697. The molecule has 2 aromatic carbocycles. The van der Waals surface area contributed by atoms with Gasteiger partial charge in [0.2, 0.25) is 0 Å². The molecule has 0 unspecified atom stereocenters. The summed E-state index contributed by atoms with van der Waals surface area (Å²) in [5, 5.41) is 8.75. The normalized spacial score (nSPS) is 9.28. The lowest BCUT2D eigenvalue weighted by Gasteiger charge is -1.94. The number of carbonyl (C=O) groups is 1. The van der Waals surface area contributed by atoms with E-state index in [1.165, 1.54) is 9.64 Å². The first kappa shape index (κ1) is 15.5. The summed E-state index contributed by atoms with van der Waals surface area (Å²) >= 11 is 11.2. The molecule has 0 aliphatic heterocycles. The lowest BCUT2D eigenvalue weighted by Crippen LogP contribution is -1.95. The van der Waals surface area contributed by atoms with Crippen LogP contribution in [0.5, 0.6) is 0 Å². The van der Waals surface area contributed by atoms with Crippen LogP contribution in [0.2, 0.25) is 5.02 Å². The van der Waals surface area contributed by atoms with E-state index in [4.69, 9.17) is 16.7 Å². The van der Waals surface area contributed by atoms with Gasteiger partial charge in [0.1, 0.15) is 0 Å². The SMILES string of the molecule is Brc1ccc(I)cc1.O=C(O)c1ccccc1Cl. The molecule has 0 atom stereocenters. The van der Waals surface area contributed by atoms with E-state index in [2.05, 4.69) is 50.7 Å². The van der Waals surface area contributed by atoms with Gasteiger partial charge in [-0.3, -0.25) is 0 Å². The van der Waals surface area contributed by atoms with Crippen LogP contribution < -0.4 is 0 Å². The zero-order valence-corrected chi connectivity index (χ0v) is 13.6. The first-order valence-electron chi connectivity index (χ1n) is 4.89. The molecular formula is C13H9BrClIO2. The Balaban J connectivity index is 0.000000184. The van der Waals surface area contributed by atoms with E-state index >= 15 is 0 Å². The zero-order valence-electron chi connectivity index (χ0n) is 9.11. The summed E-state index contributed by atoms with van der Waals surface area (Å²) in [6.07, 6.45) is 0. The minimum atomic E-state index is -0.995.